The standard InChI is InChI=1S/C21H26F3NO4/c1-4-28-14-6-5-7-20(10-14)18(26)17(19(27)25-20)16-12(2)8-15(9-13(16)3)29-11-21(22,23)24/h8-9,14,17H,4-7,10-11H2,1-3H3,(H,25,27)/t14-,17?,20-/m0/s1. The van der Waals surface area contributed by atoms with Crippen molar-refractivity contribution in [1.82, 2.24) is 5.32 Å². The van der Waals surface area contributed by atoms with E-state index in [1.807, 2.05) is 6.92 Å². The molecule has 2 fully saturated rings. The first-order valence-electron chi connectivity index (χ1n) is 9.85. The highest BCUT2D eigenvalue weighted by molar-refractivity contribution is 6.17. The zero-order valence-electron chi connectivity index (χ0n) is 16.8. The maximum absolute atomic E-state index is 13.4. The lowest BCUT2D eigenvalue weighted by Crippen LogP contribution is -2.51. The Balaban J connectivity index is 1.87. The molecule has 1 saturated carbocycles. The smallest absolute Gasteiger partial charge is 0.422 e. The first-order valence-corrected chi connectivity index (χ1v) is 9.85. The van der Waals surface area contributed by atoms with Crippen molar-refractivity contribution in [2.75, 3.05) is 13.2 Å². The summed E-state index contributed by atoms with van der Waals surface area (Å²) in [6, 6.07) is 2.90. The summed E-state index contributed by atoms with van der Waals surface area (Å²) in [5, 5.41) is 2.92. The molecule has 1 N–H and O–H groups in total. The predicted octanol–water partition coefficient (Wildman–Crippen LogP) is 3.74. The van der Waals surface area contributed by atoms with Gasteiger partial charge in [-0.2, -0.15) is 13.2 Å². The summed E-state index contributed by atoms with van der Waals surface area (Å²) in [5.41, 5.74) is 0.738. The minimum atomic E-state index is -4.44. The lowest BCUT2D eigenvalue weighted by Gasteiger charge is -2.36. The van der Waals surface area contributed by atoms with E-state index < -0.39 is 24.2 Å². The lowest BCUT2D eigenvalue weighted by molar-refractivity contribution is -0.153. The van der Waals surface area contributed by atoms with Gasteiger partial charge < -0.3 is 14.8 Å². The van der Waals surface area contributed by atoms with Crippen LogP contribution in [0.25, 0.3) is 0 Å². The zero-order valence-corrected chi connectivity index (χ0v) is 16.8. The molecule has 1 spiro atoms. The summed E-state index contributed by atoms with van der Waals surface area (Å²) < 4.78 is 47.8. The van der Waals surface area contributed by atoms with E-state index in [2.05, 4.69) is 5.32 Å². The number of amides is 1. The Labute approximate surface area is 167 Å². The fraction of sp³-hybridized carbons (Fsp3) is 0.619. The predicted molar refractivity (Wildman–Crippen MR) is 100.0 cm³/mol. The molecule has 3 atom stereocenters. The van der Waals surface area contributed by atoms with Gasteiger partial charge >= 0.3 is 6.18 Å². The summed E-state index contributed by atoms with van der Waals surface area (Å²) in [5.74, 6) is -1.44. The van der Waals surface area contributed by atoms with E-state index in [1.54, 1.807) is 13.8 Å². The monoisotopic (exact) mass is 413 g/mol. The highest BCUT2D eigenvalue weighted by atomic mass is 19.4. The summed E-state index contributed by atoms with van der Waals surface area (Å²) >= 11 is 0. The third-order valence-corrected chi connectivity index (χ3v) is 5.73. The highest BCUT2D eigenvalue weighted by Gasteiger charge is 2.55. The molecule has 0 bridgehead atoms. The third-order valence-electron chi connectivity index (χ3n) is 5.73. The van der Waals surface area contributed by atoms with Crippen molar-refractivity contribution in [3.05, 3.63) is 28.8 Å². The Morgan fingerprint density at radius 2 is 1.86 bits per heavy atom. The third kappa shape index (κ3) is 4.42. The van der Waals surface area contributed by atoms with Gasteiger partial charge in [-0.15, -0.1) is 0 Å². The second-order valence-electron chi connectivity index (χ2n) is 7.92. The van der Waals surface area contributed by atoms with E-state index in [1.165, 1.54) is 12.1 Å². The summed E-state index contributed by atoms with van der Waals surface area (Å²) in [6.07, 6.45) is -1.85. The van der Waals surface area contributed by atoms with E-state index in [-0.39, 0.29) is 23.5 Å². The van der Waals surface area contributed by atoms with Crippen LogP contribution in [0.4, 0.5) is 13.2 Å². The molecule has 1 aliphatic heterocycles. The van der Waals surface area contributed by atoms with Gasteiger partial charge in [0, 0.05) is 13.0 Å². The van der Waals surface area contributed by atoms with Crippen molar-refractivity contribution in [3.8, 4) is 5.75 Å². The zero-order chi connectivity index (χ0) is 21.4. The summed E-state index contributed by atoms with van der Waals surface area (Å²) in [4.78, 5) is 26.2. The van der Waals surface area contributed by atoms with E-state index in [0.717, 1.165) is 12.8 Å². The van der Waals surface area contributed by atoms with E-state index in [9.17, 15) is 22.8 Å². The second kappa shape index (κ2) is 7.97. The van der Waals surface area contributed by atoms with Crippen LogP contribution in [-0.2, 0) is 14.3 Å². The number of rotatable bonds is 5. The number of carbonyl (C=O) groups is 2. The molecular formula is C21H26F3NO4. The van der Waals surface area contributed by atoms with Crippen molar-refractivity contribution >= 4 is 11.7 Å². The molecule has 0 aromatic heterocycles. The SMILES string of the molecule is CCO[C@H]1CCC[C@@]2(C1)NC(=O)C(c1c(C)cc(OCC(F)(F)F)cc1C)C2=O. The number of hydrogen-bond donors (Lipinski definition) is 1. The molecule has 1 saturated heterocycles. The molecule has 1 unspecified atom stereocenters. The molecule has 3 rings (SSSR count). The fourth-order valence-corrected chi connectivity index (χ4v) is 4.61. The van der Waals surface area contributed by atoms with Gasteiger partial charge in [0.05, 0.1) is 6.10 Å². The van der Waals surface area contributed by atoms with Gasteiger partial charge in [-0.25, -0.2) is 0 Å². The van der Waals surface area contributed by atoms with Gasteiger partial charge in [0.2, 0.25) is 5.91 Å². The van der Waals surface area contributed by atoms with Gasteiger partial charge in [-0.3, -0.25) is 9.59 Å². The number of halogens is 3. The average molecular weight is 413 g/mol. The number of ketones is 1. The van der Waals surface area contributed by atoms with Crippen LogP contribution in [0, 0.1) is 13.8 Å². The van der Waals surface area contributed by atoms with Crippen LogP contribution < -0.4 is 10.1 Å². The minimum absolute atomic E-state index is 0.0655. The molecule has 2 aliphatic rings. The number of aryl methyl sites for hydroxylation is 2. The first kappa shape index (κ1) is 21.6. The fourth-order valence-electron chi connectivity index (χ4n) is 4.61. The number of benzene rings is 1. The molecule has 1 amide bonds. The van der Waals surface area contributed by atoms with Crippen molar-refractivity contribution in [2.45, 2.75) is 70.2 Å². The lowest BCUT2D eigenvalue weighted by atomic mass is 9.75. The quantitative estimate of drug-likeness (QED) is 0.747. The Hall–Kier alpha value is -2.09. The Morgan fingerprint density at radius 3 is 2.45 bits per heavy atom. The molecule has 160 valence electrons. The van der Waals surface area contributed by atoms with Crippen LogP contribution >= 0.6 is 0 Å². The molecule has 1 aliphatic carbocycles. The van der Waals surface area contributed by atoms with Crippen LogP contribution in [0.2, 0.25) is 0 Å². The number of carbonyl (C=O) groups excluding carboxylic acids is 2. The summed E-state index contributed by atoms with van der Waals surface area (Å²) in [6.45, 7) is 4.41. The topological polar surface area (TPSA) is 64.6 Å². The van der Waals surface area contributed by atoms with E-state index in [4.69, 9.17) is 9.47 Å². The Morgan fingerprint density at radius 1 is 1.21 bits per heavy atom. The van der Waals surface area contributed by atoms with Gasteiger partial charge in [0.25, 0.3) is 0 Å². The molecular weight excluding hydrogens is 387 g/mol. The van der Waals surface area contributed by atoms with Crippen molar-refractivity contribution in [3.63, 3.8) is 0 Å². The molecule has 1 aromatic carbocycles. The number of alkyl halides is 3. The summed E-state index contributed by atoms with van der Waals surface area (Å²) in [7, 11) is 0. The second-order valence-corrected chi connectivity index (χ2v) is 7.92. The number of ether oxygens (including phenoxy) is 2. The van der Waals surface area contributed by atoms with Crippen LogP contribution in [0.3, 0.4) is 0 Å². The van der Waals surface area contributed by atoms with Crippen molar-refractivity contribution < 1.29 is 32.2 Å². The van der Waals surface area contributed by atoms with Gasteiger partial charge in [-0.05, 0) is 68.9 Å². The maximum Gasteiger partial charge on any atom is 0.422 e. The van der Waals surface area contributed by atoms with Gasteiger partial charge in [-0.1, -0.05) is 0 Å². The van der Waals surface area contributed by atoms with Crippen molar-refractivity contribution in [1.29, 1.82) is 0 Å². The Kier molecular flexibility index (Phi) is 5.94. The largest absolute Gasteiger partial charge is 0.484 e. The molecule has 5 nitrogen and oxygen atoms in total. The maximum atomic E-state index is 13.4. The highest BCUT2D eigenvalue weighted by Crippen LogP contribution is 2.42. The number of nitrogens with one attached hydrogen (secondary N) is 1. The van der Waals surface area contributed by atoms with E-state index >= 15 is 0 Å². The van der Waals surface area contributed by atoms with Gasteiger partial charge in [0.1, 0.15) is 17.2 Å². The van der Waals surface area contributed by atoms with Gasteiger partial charge in [0.15, 0.2) is 12.4 Å². The normalized spacial score (nSPS) is 27.4. The molecule has 8 heteroatoms. The van der Waals surface area contributed by atoms with Crippen LogP contribution in [-0.4, -0.2) is 42.7 Å². The number of hydrogen-bond acceptors (Lipinski definition) is 4. The minimum Gasteiger partial charge on any atom is -0.484 e. The molecule has 0 radical (unpaired) electrons. The molecule has 1 aromatic rings. The van der Waals surface area contributed by atoms with Crippen LogP contribution in [0.5, 0.6) is 5.75 Å². The van der Waals surface area contributed by atoms with Crippen LogP contribution in [0.1, 0.15) is 55.2 Å². The first-order chi connectivity index (χ1) is 13.6. The van der Waals surface area contributed by atoms with E-state index in [0.29, 0.717) is 36.1 Å². The average Bonchev–Trinajstić information content (AvgIpc) is 2.83. The number of Topliss-reactive ketones (excluding diaryl/α,β-unsaturated/α-hetero) is 1. The molecule has 29 heavy (non-hydrogen) atoms. The van der Waals surface area contributed by atoms with Crippen molar-refractivity contribution in [2.24, 2.45) is 0 Å². The molecule has 1 heterocycles. The Bertz CT molecular complexity index is 783. The van der Waals surface area contributed by atoms with Crippen LogP contribution in [0.15, 0.2) is 12.1 Å².